The molecule has 4 aliphatic heterocycles. The molecule has 3 aromatic carbocycles. The first kappa shape index (κ1) is 39.2. The van der Waals surface area contributed by atoms with Gasteiger partial charge in [-0.3, -0.25) is 4.79 Å². The zero-order valence-electron chi connectivity index (χ0n) is 32.0. The molecule has 12 nitrogen and oxygen atoms in total. The number of anilines is 1. The van der Waals surface area contributed by atoms with Crippen LogP contribution in [-0.2, 0) is 15.1 Å². The van der Waals surface area contributed by atoms with E-state index in [0.29, 0.717) is 67.2 Å². The van der Waals surface area contributed by atoms with Gasteiger partial charge in [0.2, 0.25) is 0 Å². The number of phenolic OH excluding ortho intramolecular Hbond substituents is 1. The quantitative estimate of drug-likeness (QED) is 0.0807. The van der Waals surface area contributed by atoms with Crippen molar-refractivity contribution in [2.75, 3.05) is 78.1 Å². The van der Waals surface area contributed by atoms with Crippen molar-refractivity contribution in [1.82, 2.24) is 5.32 Å². The number of aliphatic hydroxyl groups excluding tert-OH is 1. The Morgan fingerprint density at radius 3 is 2.55 bits per heavy atom. The normalized spacial score (nSPS) is 23.7. The van der Waals surface area contributed by atoms with E-state index in [4.69, 9.17) is 23.7 Å². The number of nitrogens with one attached hydrogen (secondary N) is 2. The standard InChI is InChI=1S/C43H57N3O9/c1-51-39-25-34(13-14-38(39)53-21-7-17-44-26-37(48)35-23-33(47)24-36-42(35)54-28-41(49)45-36)52-22-8-18-46-19-15-30(16-20-46)40(27-46)55-29-43(50,32-11-5-6-12-32)31-9-3-2-4-10-31/h2-4,9-10,13-14,23-25,30,32,37,40,44,48,50H,5-8,11-12,15-22,26-29H2,1H3,(H-,45,47,49)/p+1/t30?,37-,40-,43+,46?/m0/s1. The average Bonchev–Trinajstić information content (AvgIpc) is 3.77. The lowest BCUT2D eigenvalue weighted by atomic mass is 9.80. The molecule has 3 saturated heterocycles. The zero-order chi connectivity index (χ0) is 38.3. The van der Waals surface area contributed by atoms with Gasteiger partial charge in [-0.25, -0.2) is 0 Å². The summed E-state index contributed by atoms with van der Waals surface area (Å²) in [5.74, 6) is 2.79. The Balaban J connectivity index is 0.828. The first-order valence-electron chi connectivity index (χ1n) is 20.1. The summed E-state index contributed by atoms with van der Waals surface area (Å²) < 4.78 is 31.1. The van der Waals surface area contributed by atoms with E-state index in [1.54, 1.807) is 7.11 Å². The van der Waals surface area contributed by atoms with Gasteiger partial charge in [0, 0.05) is 49.4 Å². The molecule has 3 aromatic rings. The number of nitrogens with zero attached hydrogens (tertiary/aromatic N) is 1. The summed E-state index contributed by atoms with van der Waals surface area (Å²) in [6.07, 6.45) is 7.68. The Labute approximate surface area is 324 Å². The molecular formula is C43H58N3O9+. The number of carbonyl (C=O) groups excluding carboxylic acids is 1. The number of quaternary nitrogens is 1. The van der Waals surface area contributed by atoms with E-state index in [1.165, 1.54) is 50.9 Å². The molecule has 2 bridgehead atoms. The smallest absolute Gasteiger partial charge is 0.262 e. The van der Waals surface area contributed by atoms with E-state index in [0.717, 1.165) is 48.1 Å². The van der Waals surface area contributed by atoms with Gasteiger partial charge in [-0.1, -0.05) is 43.2 Å². The summed E-state index contributed by atoms with van der Waals surface area (Å²) in [5.41, 5.74) is 0.815. The van der Waals surface area contributed by atoms with Crippen LogP contribution in [0.1, 0.15) is 68.6 Å². The molecule has 3 atom stereocenters. The third-order valence-corrected chi connectivity index (χ3v) is 12.2. The second kappa shape index (κ2) is 17.8. The lowest BCUT2D eigenvalue weighted by Gasteiger charge is -2.53. The molecule has 8 rings (SSSR count). The molecular weight excluding hydrogens is 702 g/mol. The van der Waals surface area contributed by atoms with Gasteiger partial charge in [-0.2, -0.15) is 0 Å². The van der Waals surface area contributed by atoms with Crippen LogP contribution in [0.5, 0.6) is 28.7 Å². The fourth-order valence-electron chi connectivity index (χ4n) is 9.16. The Morgan fingerprint density at radius 1 is 0.982 bits per heavy atom. The van der Waals surface area contributed by atoms with Crippen LogP contribution in [0.25, 0.3) is 0 Å². The van der Waals surface area contributed by atoms with Crippen molar-refractivity contribution in [3.63, 3.8) is 0 Å². The molecule has 1 saturated carbocycles. The number of aromatic hydroxyl groups is 1. The maximum atomic E-state index is 12.1. The maximum Gasteiger partial charge on any atom is 0.262 e. The van der Waals surface area contributed by atoms with Crippen LogP contribution >= 0.6 is 0 Å². The molecule has 0 spiro atoms. The van der Waals surface area contributed by atoms with Crippen molar-refractivity contribution in [3.05, 3.63) is 71.8 Å². The van der Waals surface area contributed by atoms with E-state index in [-0.39, 0.29) is 36.8 Å². The predicted octanol–water partition coefficient (Wildman–Crippen LogP) is 5.30. The number of hydrogen-bond acceptors (Lipinski definition) is 10. The summed E-state index contributed by atoms with van der Waals surface area (Å²) in [5, 5.41) is 38.7. The highest BCUT2D eigenvalue weighted by atomic mass is 16.5. The van der Waals surface area contributed by atoms with Crippen LogP contribution in [0.15, 0.2) is 60.7 Å². The Morgan fingerprint density at radius 2 is 1.76 bits per heavy atom. The zero-order valence-corrected chi connectivity index (χ0v) is 32.0. The highest BCUT2D eigenvalue weighted by Gasteiger charge is 2.48. The van der Waals surface area contributed by atoms with E-state index >= 15 is 0 Å². The van der Waals surface area contributed by atoms with Crippen LogP contribution in [0, 0.1) is 11.8 Å². The first-order chi connectivity index (χ1) is 26.7. The van der Waals surface area contributed by atoms with Gasteiger partial charge >= 0.3 is 0 Å². The lowest BCUT2D eigenvalue weighted by Crippen LogP contribution is -2.65. The molecule has 55 heavy (non-hydrogen) atoms. The van der Waals surface area contributed by atoms with E-state index in [2.05, 4.69) is 22.8 Å². The van der Waals surface area contributed by atoms with Crippen molar-refractivity contribution in [2.45, 2.75) is 69.2 Å². The lowest BCUT2D eigenvalue weighted by molar-refractivity contribution is -0.946. The molecule has 0 radical (unpaired) electrons. The van der Waals surface area contributed by atoms with Gasteiger partial charge in [0.05, 0.1) is 58.4 Å². The van der Waals surface area contributed by atoms with Crippen molar-refractivity contribution in [3.8, 4) is 28.7 Å². The van der Waals surface area contributed by atoms with E-state index in [1.807, 2.05) is 36.4 Å². The topological polar surface area (TPSA) is 148 Å². The molecule has 12 heteroatoms. The number of rotatable bonds is 19. The second-order valence-electron chi connectivity index (χ2n) is 15.8. The van der Waals surface area contributed by atoms with Gasteiger partial charge in [0.15, 0.2) is 18.1 Å². The van der Waals surface area contributed by atoms with Crippen LogP contribution < -0.4 is 29.6 Å². The van der Waals surface area contributed by atoms with Gasteiger partial charge in [0.25, 0.3) is 5.91 Å². The fraction of sp³-hybridized carbons (Fsp3) is 0.558. The van der Waals surface area contributed by atoms with E-state index < -0.39 is 11.7 Å². The Bertz CT molecular complexity index is 1730. The number of carbonyl (C=O) groups is 1. The summed E-state index contributed by atoms with van der Waals surface area (Å²) in [6.45, 7) is 6.51. The second-order valence-corrected chi connectivity index (χ2v) is 15.8. The molecule has 5 aliphatic rings. The molecule has 0 aromatic heterocycles. The Kier molecular flexibility index (Phi) is 12.7. The van der Waals surface area contributed by atoms with Crippen LogP contribution in [-0.4, -0.2) is 105 Å². The first-order valence-corrected chi connectivity index (χ1v) is 20.1. The van der Waals surface area contributed by atoms with E-state index in [9.17, 15) is 20.1 Å². The third kappa shape index (κ3) is 9.32. The van der Waals surface area contributed by atoms with Crippen LogP contribution in [0.4, 0.5) is 5.69 Å². The number of phenols is 1. The van der Waals surface area contributed by atoms with Gasteiger partial charge in [-0.05, 0) is 55.5 Å². The van der Waals surface area contributed by atoms with Crippen molar-refractivity contribution < 1.29 is 48.3 Å². The number of fused-ring (bicyclic) bond motifs is 4. The number of methoxy groups -OCH3 is 1. The molecule has 4 heterocycles. The Hall–Kier alpha value is -4.07. The minimum atomic E-state index is -0.939. The van der Waals surface area contributed by atoms with Crippen molar-refractivity contribution >= 4 is 11.6 Å². The van der Waals surface area contributed by atoms with Crippen LogP contribution in [0.2, 0.25) is 0 Å². The molecule has 1 amide bonds. The number of hydrogen-bond donors (Lipinski definition) is 5. The van der Waals surface area contributed by atoms with Gasteiger partial charge in [-0.15, -0.1) is 0 Å². The van der Waals surface area contributed by atoms with Crippen molar-refractivity contribution in [2.24, 2.45) is 11.8 Å². The monoisotopic (exact) mass is 760 g/mol. The summed E-state index contributed by atoms with van der Waals surface area (Å²) in [7, 11) is 1.62. The van der Waals surface area contributed by atoms with Gasteiger partial charge in [0.1, 0.15) is 35.5 Å². The SMILES string of the molecule is COc1cc(OCCC[N+]23CCC(CC2)[C@@H](OC[C@@](O)(c2ccccc2)C2CCCC2)C3)ccc1OCCCNC[C@H](O)c1cc(O)cc2c1OCC(=O)N2. The highest BCUT2D eigenvalue weighted by molar-refractivity contribution is 5.96. The maximum absolute atomic E-state index is 12.1. The molecule has 5 N–H and O–H groups in total. The summed E-state index contributed by atoms with van der Waals surface area (Å²) in [4.78, 5) is 11.6. The number of aliphatic hydroxyl groups is 2. The molecule has 4 fully saturated rings. The third-order valence-electron chi connectivity index (χ3n) is 12.2. The number of ether oxygens (including phenoxy) is 5. The summed E-state index contributed by atoms with van der Waals surface area (Å²) >= 11 is 0. The minimum Gasteiger partial charge on any atom is -0.508 e. The fourth-order valence-corrected chi connectivity index (χ4v) is 9.16. The summed E-state index contributed by atoms with van der Waals surface area (Å²) in [6, 6.07) is 18.7. The minimum absolute atomic E-state index is 0.0633. The number of amides is 1. The molecule has 1 aliphatic carbocycles. The highest BCUT2D eigenvalue weighted by Crippen LogP contribution is 2.43. The largest absolute Gasteiger partial charge is 0.508 e. The number of benzene rings is 3. The number of piperidine rings is 3. The predicted molar refractivity (Wildman–Crippen MR) is 208 cm³/mol. The molecule has 0 unspecified atom stereocenters. The van der Waals surface area contributed by atoms with Crippen LogP contribution in [0.3, 0.4) is 0 Å². The van der Waals surface area contributed by atoms with Crippen molar-refractivity contribution in [1.29, 1.82) is 0 Å². The molecule has 298 valence electrons. The average molecular weight is 761 g/mol. The van der Waals surface area contributed by atoms with Gasteiger partial charge < -0.3 is 54.1 Å².